The minimum Gasteiger partial charge on any atom is -0.324 e. The van der Waals surface area contributed by atoms with E-state index < -0.39 is 16.4 Å². The Morgan fingerprint density at radius 1 is 1.40 bits per heavy atom. The Balaban J connectivity index is 1.80. The molecule has 0 spiro atoms. The number of aryl methyl sites for hydroxylation is 1. The van der Waals surface area contributed by atoms with E-state index in [2.05, 4.69) is 20.6 Å². The van der Waals surface area contributed by atoms with Gasteiger partial charge in [-0.3, -0.25) is 24.3 Å². The number of nitrogens with one attached hydrogen (secondary N) is 1. The van der Waals surface area contributed by atoms with E-state index >= 15 is 0 Å². The second-order valence-corrected chi connectivity index (χ2v) is 5.11. The lowest BCUT2D eigenvalue weighted by Gasteiger charge is -2.07. The first kappa shape index (κ1) is 16.2. The molecule has 128 valence electrons. The zero-order valence-electron chi connectivity index (χ0n) is 13.1. The molecule has 0 aliphatic carbocycles. The summed E-state index contributed by atoms with van der Waals surface area (Å²) in [7, 11) is 0. The van der Waals surface area contributed by atoms with Gasteiger partial charge in [-0.15, -0.1) is 5.10 Å². The quantitative estimate of drug-likeness (QED) is 0.527. The lowest BCUT2D eigenvalue weighted by Crippen LogP contribution is -2.28. The van der Waals surface area contributed by atoms with E-state index in [-0.39, 0.29) is 23.4 Å². The fourth-order valence-electron chi connectivity index (χ4n) is 2.27. The van der Waals surface area contributed by atoms with Crippen LogP contribution < -0.4 is 10.9 Å². The molecule has 3 aromatic rings. The third-order valence-electron chi connectivity index (χ3n) is 3.45. The topological polar surface area (TPSA) is 138 Å². The first-order valence-electron chi connectivity index (χ1n) is 7.32. The number of hydrogen-bond donors (Lipinski definition) is 1. The van der Waals surface area contributed by atoms with Crippen LogP contribution in [0.2, 0.25) is 0 Å². The molecule has 0 fully saturated rings. The van der Waals surface area contributed by atoms with Crippen LogP contribution in [-0.4, -0.2) is 35.4 Å². The van der Waals surface area contributed by atoms with Crippen LogP contribution in [0.25, 0.3) is 11.2 Å². The first-order chi connectivity index (χ1) is 12.0. The summed E-state index contributed by atoms with van der Waals surface area (Å²) in [4.78, 5) is 38.7. The molecule has 2 heterocycles. The van der Waals surface area contributed by atoms with Gasteiger partial charge in [0.25, 0.3) is 11.2 Å². The molecule has 0 saturated heterocycles. The highest BCUT2D eigenvalue weighted by Gasteiger charge is 2.14. The molecule has 0 aliphatic heterocycles. The smallest absolute Gasteiger partial charge is 0.283 e. The van der Waals surface area contributed by atoms with Gasteiger partial charge in [-0.2, -0.15) is 0 Å². The van der Waals surface area contributed by atoms with Gasteiger partial charge in [-0.1, -0.05) is 11.3 Å². The molecule has 11 nitrogen and oxygen atoms in total. The maximum absolute atomic E-state index is 12.3. The van der Waals surface area contributed by atoms with Crippen LogP contribution in [0.15, 0.2) is 35.4 Å². The average molecular weight is 343 g/mol. The van der Waals surface area contributed by atoms with E-state index in [0.29, 0.717) is 12.2 Å². The van der Waals surface area contributed by atoms with Crippen LogP contribution in [0.3, 0.4) is 0 Å². The fourth-order valence-corrected chi connectivity index (χ4v) is 2.27. The molecule has 25 heavy (non-hydrogen) atoms. The number of rotatable bonds is 5. The number of fused-ring (bicyclic) bond motifs is 1. The van der Waals surface area contributed by atoms with Crippen molar-refractivity contribution in [1.82, 2.24) is 24.5 Å². The Morgan fingerprint density at radius 2 is 2.20 bits per heavy atom. The lowest BCUT2D eigenvalue weighted by atomic mass is 10.3. The third kappa shape index (κ3) is 3.20. The second-order valence-electron chi connectivity index (χ2n) is 5.11. The zero-order valence-corrected chi connectivity index (χ0v) is 13.1. The molecule has 0 radical (unpaired) electrons. The van der Waals surface area contributed by atoms with Crippen molar-refractivity contribution < 1.29 is 9.72 Å². The normalized spacial score (nSPS) is 10.8. The van der Waals surface area contributed by atoms with Crippen LogP contribution in [0, 0.1) is 10.1 Å². The molecular formula is C14H13N7O4. The SMILES string of the molecule is CCn1nnc2c(=O)n(CC(=O)Nc3cccc([N+](=O)[O-])c3)cnc21. The zero-order chi connectivity index (χ0) is 18.0. The van der Waals surface area contributed by atoms with Crippen LogP contribution in [0.4, 0.5) is 11.4 Å². The molecule has 0 atom stereocenters. The van der Waals surface area contributed by atoms with Crippen molar-refractivity contribution in [2.45, 2.75) is 20.0 Å². The van der Waals surface area contributed by atoms with Crippen LogP contribution in [-0.2, 0) is 17.9 Å². The largest absolute Gasteiger partial charge is 0.324 e. The number of carbonyl (C=O) groups is 1. The second kappa shape index (κ2) is 6.47. The molecule has 1 N–H and O–H groups in total. The molecular weight excluding hydrogens is 330 g/mol. The van der Waals surface area contributed by atoms with Crippen LogP contribution in [0.5, 0.6) is 0 Å². The van der Waals surface area contributed by atoms with Gasteiger partial charge in [-0.25, -0.2) is 9.67 Å². The number of non-ortho nitro benzene ring substituents is 1. The average Bonchev–Trinajstić information content (AvgIpc) is 3.01. The first-order valence-corrected chi connectivity index (χ1v) is 7.32. The standard InChI is InChI=1S/C14H13N7O4/c1-2-20-13-12(17-18-20)14(23)19(8-15-13)7-11(22)16-9-4-3-5-10(6-9)21(24)25/h3-6,8H,2,7H2,1H3,(H,16,22). The van der Waals surface area contributed by atoms with E-state index in [1.165, 1.54) is 35.3 Å². The van der Waals surface area contributed by atoms with Gasteiger partial charge >= 0.3 is 0 Å². The summed E-state index contributed by atoms with van der Waals surface area (Å²) in [6, 6.07) is 5.52. The van der Waals surface area contributed by atoms with Crippen molar-refractivity contribution in [3.63, 3.8) is 0 Å². The van der Waals surface area contributed by atoms with Gasteiger partial charge in [0.1, 0.15) is 12.9 Å². The molecule has 0 saturated carbocycles. The minimum absolute atomic E-state index is 0.0764. The fraction of sp³-hybridized carbons (Fsp3) is 0.214. The van der Waals surface area contributed by atoms with Crippen molar-refractivity contribution in [2.75, 3.05) is 5.32 Å². The highest BCUT2D eigenvalue weighted by atomic mass is 16.6. The van der Waals surface area contributed by atoms with Gasteiger partial charge in [0, 0.05) is 24.4 Å². The summed E-state index contributed by atoms with van der Waals surface area (Å²) in [5, 5.41) is 20.9. The summed E-state index contributed by atoms with van der Waals surface area (Å²) < 4.78 is 2.58. The predicted octanol–water partition coefficient (Wildman–Crippen LogP) is 0.555. The number of anilines is 1. The van der Waals surface area contributed by atoms with Crippen LogP contribution in [0.1, 0.15) is 6.92 Å². The van der Waals surface area contributed by atoms with Crippen LogP contribution >= 0.6 is 0 Å². The number of carbonyl (C=O) groups excluding carboxylic acids is 1. The number of benzene rings is 1. The summed E-state index contributed by atoms with van der Waals surface area (Å²) >= 11 is 0. The molecule has 0 bridgehead atoms. The number of hydrogen-bond acceptors (Lipinski definition) is 7. The van der Waals surface area contributed by atoms with Crippen molar-refractivity contribution >= 4 is 28.4 Å². The van der Waals surface area contributed by atoms with E-state index in [4.69, 9.17) is 0 Å². The monoisotopic (exact) mass is 343 g/mol. The van der Waals surface area contributed by atoms with E-state index in [1.807, 2.05) is 6.92 Å². The summed E-state index contributed by atoms with van der Waals surface area (Å²) in [6.45, 7) is 2.05. The van der Waals surface area contributed by atoms with Crippen molar-refractivity contribution in [3.05, 3.63) is 51.1 Å². The Morgan fingerprint density at radius 3 is 2.92 bits per heavy atom. The number of nitro groups is 1. The maximum atomic E-state index is 12.3. The summed E-state index contributed by atoms with van der Waals surface area (Å²) in [5.41, 5.74) is 0.0571. The van der Waals surface area contributed by atoms with Gasteiger partial charge in [0.15, 0.2) is 11.2 Å². The Kier molecular flexibility index (Phi) is 4.20. The number of nitrogens with zero attached hydrogens (tertiary/aromatic N) is 6. The van der Waals surface area contributed by atoms with Crippen molar-refractivity contribution in [1.29, 1.82) is 0 Å². The van der Waals surface area contributed by atoms with Crippen molar-refractivity contribution in [3.8, 4) is 0 Å². The summed E-state index contributed by atoms with van der Waals surface area (Å²) in [5.74, 6) is -0.522. The molecule has 2 aromatic heterocycles. The predicted molar refractivity (Wildman–Crippen MR) is 87.0 cm³/mol. The molecule has 1 amide bonds. The van der Waals surface area contributed by atoms with Gasteiger partial charge in [-0.05, 0) is 13.0 Å². The van der Waals surface area contributed by atoms with Crippen molar-refractivity contribution in [2.24, 2.45) is 0 Å². The molecule has 11 heteroatoms. The highest BCUT2D eigenvalue weighted by Crippen LogP contribution is 2.16. The third-order valence-corrected chi connectivity index (χ3v) is 3.45. The molecule has 0 unspecified atom stereocenters. The Hall–Kier alpha value is -3.63. The summed E-state index contributed by atoms with van der Waals surface area (Å²) in [6.07, 6.45) is 1.24. The highest BCUT2D eigenvalue weighted by molar-refractivity contribution is 5.91. The number of aromatic nitrogens is 5. The number of nitro benzene ring substituents is 1. The molecule has 1 aromatic carbocycles. The van der Waals surface area contributed by atoms with Gasteiger partial charge in [0.05, 0.1) is 4.92 Å². The lowest BCUT2D eigenvalue weighted by molar-refractivity contribution is -0.384. The van der Waals surface area contributed by atoms with E-state index in [0.717, 1.165) is 4.57 Å². The van der Waals surface area contributed by atoms with Gasteiger partial charge in [0.2, 0.25) is 5.91 Å². The minimum atomic E-state index is -0.560. The maximum Gasteiger partial charge on any atom is 0.283 e. The Bertz CT molecular complexity index is 1020. The number of amides is 1. The molecule has 0 aliphatic rings. The van der Waals surface area contributed by atoms with E-state index in [1.54, 1.807) is 0 Å². The van der Waals surface area contributed by atoms with Gasteiger partial charge < -0.3 is 5.32 Å². The molecule has 3 rings (SSSR count). The Labute approximate surface area is 140 Å². The van der Waals surface area contributed by atoms with E-state index in [9.17, 15) is 19.7 Å².